The third kappa shape index (κ3) is 3.93. The van der Waals surface area contributed by atoms with Crippen molar-refractivity contribution in [2.75, 3.05) is 31.2 Å². The molecular formula is C24H25FN4O2. The topological polar surface area (TPSA) is 59.4 Å². The van der Waals surface area contributed by atoms with E-state index in [1.165, 1.54) is 6.07 Å². The molecule has 0 unspecified atom stereocenters. The Balaban J connectivity index is 1.32. The number of carbonyl (C=O) groups excluding carboxylic acids is 1. The Morgan fingerprint density at radius 1 is 1.10 bits per heavy atom. The number of aromatic nitrogens is 2. The monoisotopic (exact) mass is 420 g/mol. The standard InChI is InChI=1S/C24H25FN4O2/c25-20-4-1-2-6-23(20)29-22-7-3-5-21(19(22)16-26-29)27-24(30)17-8-10-18(11-9-17)28-12-14-31-15-13-28/h1-2,4,6,8-11,16,21H,3,5,7,12-15H2,(H,27,30)/t21-/m1/s1. The fraction of sp³-hybridized carbons (Fsp3) is 0.333. The molecule has 1 N–H and O–H groups in total. The number of hydrogen-bond donors (Lipinski definition) is 1. The SMILES string of the molecule is O=C(N[C@@H]1CCCc2c1cnn2-c1ccccc1F)c1ccc(N2CCOCC2)cc1. The predicted molar refractivity (Wildman–Crippen MR) is 116 cm³/mol. The van der Waals surface area contributed by atoms with Crippen molar-refractivity contribution in [1.82, 2.24) is 15.1 Å². The summed E-state index contributed by atoms with van der Waals surface area (Å²) < 4.78 is 21.3. The van der Waals surface area contributed by atoms with Crippen molar-refractivity contribution in [3.63, 3.8) is 0 Å². The van der Waals surface area contributed by atoms with Crippen molar-refractivity contribution in [2.45, 2.75) is 25.3 Å². The first-order valence-corrected chi connectivity index (χ1v) is 10.8. The van der Waals surface area contributed by atoms with E-state index in [-0.39, 0.29) is 17.8 Å². The van der Waals surface area contributed by atoms with Crippen LogP contribution in [0.5, 0.6) is 0 Å². The molecule has 1 amide bonds. The van der Waals surface area contributed by atoms with Crippen LogP contribution in [0.15, 0.2) is 54.7 Å². The number of morpholine rings is 1. The van der Waals surface area contributed by atoms with Crippen LogP contribution in [-0.4, -0.2) is 42.0 Å². The summed E-state index contributed by atoms with van der Waals surface area (Å²) in [5.74, 6) is -0.412. The van der Waals surface area contributed by atoms with Gasteiger partial charge in [-0.3, -0.25) is 4.79 Å². The van der Waals surface area contributed by atoms with E-state index in [0.29, 0.717) is 11.3 Å². The minimum absolute atomic E-state index is 0.106. The number of amides is 1. The zero-order chi connectivity index (χ0) is 21.2. The lowest BCUT2D eigenvalue weighted by molar-refractivity contribution is 0.0932. The quantitative estimate of drug-likeness (QED) is 0.700. The van der Waals surface area contributed by atoms with Gasteiger partial charge in [0.25, 0.3) is 5.91 Å². The summed E-state index contributed by atoms with van der Waals surface area (Å²) in [7, 11) is 0. The van der Waals surface area contributed by atoms with Crippen LogP contribution in [0.25, 0.3) is 5.69 Å². The average molecular weight is 420 g/mol. The van der Waals surface area contributed by atoms with Gasteiger partial charge in [0, 0.05) is 35.6 Å². The molecule has 1 aliphatic carbocycles. The zero-order valence-corrected chi connectivity index (χ0v) is 17.3. The number of ether oxygens (including phenoxy) is 1. The van der Waals surface area contributed by atoms with Crippen LogP contribution < -0.4 is 10.2 Å². The average Bonchev–Trinajstić information content (AvgIpc) is 3.25. The van der Waals surface area contributed by atoms with Crippen LogP contribution in [0, 0.1) is 5.82 Å². The molecule has 6 nitrogen and oxygen atoms in total. The van der Waals surface area contributed by atoms with Gasteiger partial charge in [-0.2, -0.15) is 5.10 Å². The molecule has 2 aromatic carbocycles. The van der Waals surface area contributed by atoms with Gasteiger partial charge in [-0.05, 0) is 55.7 Å². The van der Waals surface area contributed by atoms with E-state index in [2.05, 4.69) is 15.3 Å². The summed E-state index contributed by atoms with van der Waals surface area (Å²) in [5, 5.41) is 7.58. The number of carbonyl (C=O) groups is 1. The van der Waals surface area contributed by atoms with E-state index in [1.54, 1.807) is 29.1 Å². The second-order valence-corrected chi connectivity index (χ2v) is 7.97. The molecule has 31 heavy (non-hydrogen) atoms. The number of benzene rings is 2. The van der Waals surface area contributed by atoms with E-state index < -0.39 is 0 Å². The highest BCUT2D eigenvalue weighted by molar-refractivity contribution is 5.94. The number of hydrogen-bond acceptors (Lipinski definition) is 4. The Hall–Kier alpha value is -3.19. The lowest BCUT2D eigenvalue weighted by Gasteiger charge is -2.29. The molecule has 7 heteroatoms. The summed E-state index contributed by atoms with van der Waals surface area (Å²) in [4.78, 5) is 15.2. The molecule has 0 radical (unpaired) electrons. The molecule has 1 aromatic heterocycles. The van der Waals surface area contributed by atoms with Gasteiger partial charge in [-0.1, -0.05) is 12.1 Å². The first kappa shape index (κ1) is 19.8. The molecule has 1 saturated heterocycles. The molecule has 0 spiro atoms. The van der Waals surface area contributed by atoms with E-state index >= 15 is 0 Å². The highest BCUT2D eigenvalue weighted by Gasteiger charge is 2.27. The van der Waals surface area contributed by atoms with Gasteiger partial charge in [0.1, 0.15) is 11.5 Å². The summed E-state index contributed by atoms with van der Waals surface area (Å²) in [6, 6.07) is 14.2. The fourth-order valence-corrected chi connectivity index (χ4v) is 4.42. The van der Waals surface area contributed by atoms with Crippen molar-refractivity contribution < 1.29 is 13.9 Å². The molecular weight excluding hydrogens is 395 g/mol. The van der Waals surface area contributed by atoms with Crippen LogP contribution in [-0.2, 0) is 11.2 Å². The van der Waals surface area contributed by atoms with Gasteiger partial charge in [-0.15, -0.1) is 0 Å². The maximum atomic E-state index is 14.3. The fourth-order valence-electron chi connectivity index (χ4n) is 4.42. The second kappa shape index (κ2) is 8.51. The van der Waals surface area contributed by atoms with Crippen molar-refractivity contribution in [1.29, 1.82) is 0 Å². The van der Waals surface area contributed by atoms with Crippen LogP contribution in [0.3, 0.4) is 0 Å². The Kier molecular flexibility index (Phi) is 5.42. The predicted octanol–water partition coefficient (Wildman–Crippen LogP) is 3.66. The van der Waals surface area contributed by atoms with Crippen molar-refractivity contribution >= 4 is 11.6 Å². The molecule has 2 aliphatic rings. The molecule has 2 heterocycles. The first-order valence-electron chi connectivity index (χ1n) is 10.8. The van der Waals surface area contributed by atoms with E-state index in [4.69, 9.17) is 4.74 Å². The third-order valence-corrected chi connectivity index (χ3v) is 6.07. The molecule has 1 aliphatic heterocycles. The molecule has 0 saturated carbocycles. The number of rotatable bonds is 4. The highest BCUT2D eigenvalue weighted by Crippen LogP contribution is 2.32. The maximum Gasteiger partial charge on any atom is 0.251 e. The third-order valence-electron chi connectivity index (χ3n) is 6.07. The van der Waals surface area contributed by atoms with E-state index in [9.17, 15) is 9.18 Å². The normalized spacial score (nSPS) is 18.5. The molecule has 5 rings (SSSR count). The van der Waals surface area contributed by atoms with Gasteiger partial charge in [0.15, 0.2) is 0 Å². The molecule has 3 aromatic rings. The van der Waals surface area contributed by atoms with Gasteiger partial charge in [-0.25, -0.2) is 9.07 Å². The zero-order valence-electron chi connectivity index (χ0n) is 17.3. The Morgan fingerprint density at radius 3 is 2.65 bits per heavy atom. The summed E-state index contributed by atoms with van der Waals surface area (Å²) in [6.07, 6.45) is 4.32. The number of nitrogens with one attached hydrogen (secondary N) is 1. The number of nitrogens with zero attached hydrogens (tertiary/aromatic N) is 3. The van der Waals surface area contributed by atoms with Gasteiger partial charge >= 0.3 is 0 Å². The largest absolute Gasteiger partial charge is 0.378 e. The molecule has 160 valence electrons. The lowest BCUT2D eigenvalue weighted by atomic mass is 9.92. The minimum atomic E-state index is -0.306. The summed E-state index contributed by atoms with van der Waals surface area (Å²) in [5.41, 5.74) is 4.10. The number of halogens is 1. The van der Waals surface area contributed by atoms with E-state index in [0.717, 1.165) is 62.5 Å². The number of fused-ring (bicyclic) bond motifs is 1. The van der Waals surface area contributed by atoms with Gasteiger partial charge < -0.3 is 15.0 Å². The number of para-hydroxylation sites is 1. The molecule has 1 fully saturated rings. The Morgan fingerprint density at radius 2 is 1.87 bits per heavy atom. The second-order valence-electron chi connectivity index (χ2n) is 7.97. The minimum Gasteiger partial charge on any atom is -0.378 e. The van der Waals surface area contributed by atoms with Crippen molar-refractivity contribution in [3.8, 4) is 5.69 Å². The smallest absolute Gasteiger partial charge is 0.251 e. The van der Waals surface area contributed by atoms with Crippen molar-refractivity contribution in [2.24, 2.45) is 0 Å². The molecule has 1 atom stereocenters. The highest BCUT2D eigenvalue weighted by atomic mass is 19.1. The Bertz CT molecular complexity index is 1070. The van der Waals surface area contributed by atoms with Crippen LogP contribution >= 0.6 is 0 Å². The maximum absolute atomic E-state index is 14.3. The number of anilines is 1. The van der Waals surface area contributed by atoms with Gasteiger partial charge in [0.05, 0.1) is 25.5 Å². The Labute approximate surface area is 180 Å². The molecule has 0 bridgehead atoms. The van der Waals surface area contributed by atoms with Crippen molar-refractivity contribution in [3.05, 3.63) is 77.4 Å². The van der Waals surface area contributed by atoms with Crippen LogP contribution in [0.4, 0.5) is 10.1 Å². The van der Waals surface area contributed by atoms with Crippen LogP contribution in [0.2, 0.25) is 0 Å². The van der Waals surface area contributed by atoms with Gasteiger partial charge in [0.2, 0.25) is 0 Å². The summed E-state index contributed by atoms with van der Waals surface area (Å²) >= 11 is 0. The van der Waals surface area contributed by atoms with Crippen LogP contribution in [0.1, 0.15) is 40.5 Å². The van der Waals surface area contributed by atoms with E-state index in [1.807, 2.05) is 24.3 Å². The summed E-state index contributed by atoms with van der Waals surface area (Å²) in [6.45, 7) is 3.18. The lowest BCUT2D eigenvalue weighted by Crippen LogP contribution is -2.36. The first-order chi connectivity index (χ1) is 15.2.